The summed E-state index contributed by atoms with van der Waals surface area (Å²) in [6.45, 7) is 1.20. The van der Waals surface area contributed by atoms with E-state index in [2.05, 4.69) is 20.6 Å². The molecule has 0 aliphatic carbocycles. The van der Waals surface area contributed by atoms with Crippen molar-refractivity contribution in [1.82, 2.24) is 25.3 Å². The van der Waals surface area contributed by atoms with Crippen LogP contribution in [0.15, 0.2) is 47.4 Å². The number of carbonyl (C=O) groups excluding carboxylic acids is 1. The molecule has 1 amide bonds. The predicted octanol–water partition coefficient (Wildman–Crippen LogP) is 2.08. The van der Waals surface area contributed by atoms with Gasteiger partial charge in [-0.1, -0.05) is 17.3 Å². The van der Waals surface area contributed by atoms with Crippen LogP contribution in [0.2, 0.25) is 0 Å². The molecule has 0 saturated carbocycles. The van der Waals surface area contributed by atoms with Gasteiger partial charge in [0, 0.05) is 6.20 Å². The zero-order valence-corrected chi connectivity index (χ0v) is 14.1. The van der Waals surface area contributed by atoms with E-state index in [0.29, 0.717) is 17.1 Å². The third kappa shape index (κ3) is 4.10. The van der Waals surface area contributed by atoms with E-state index in [9.17, 15) is 22.8 Å². The van der Waals surface area contributed by atoms with Crippen molar-refractivity contribution in [2.24, 2.45) is 0 Å². The molecule has 0 bridgehead atoms. The van der Waals surface area contributed by atoms with Crippen LogP contribution in [-0.2, 0) is 17.5 Å². The van der Waals surface area contributed by atoms with Gasteiger partial charge >= 0.3 is 6.18 Å². The molecule has 0 aliphatic heterocycles. The largest absolute Gasteiger partial charge is 0.417 e. The van der Waals surface area contributed by atoms with E-state index in [-0.39, 0.29) is 12.2 Å². The van der Waals surface area contributed by atoms with Gasteiger partial charge in [0.25, 0.3) is 5.56 Å². The normalized spacial score (nSPS) is 12.7. The summed E-state index contributed by atoms with van der Waals surface area (Å²) in [4.78, 5) is 28.2. The van der Waals surface area contributed by atoms with E-state index >= 15 is 0 Å². The molecule has 2 aromatic heterocycles. The zero-order chi connectivity index (χ0) is 19.6. The summed E-state index contributed by atoms with van der Waals surface area (Å²) in [6, 6.07) is 8.03. The molecule has 3 aromatic rings. The van der Waals surface area contributed by atoms with E-state index in [1.807, 2.05) is 0 Å². The topological polar surface area (TPSA) is 89.8 Å². The van der Waals surface area contributed by atoms with Crippen LogP contribution in [0.4, 0.5) is 13.2 Å². The predicted molar refractivity (Wildman–Crippen MR) is 89.6 cm³/mol. The Morgan fingerprint density at radius 3 is 2.63 bits per heavy atom. The minimum atomic E-state index is -4.48. The molecule has 0 radical (unpaired) electrons. The summed E-state index contributed by atoms with van der Waals surface area (Å²) < 4.78 is 38.6. The van der Waals surface area contributed by atoms with Gasteiger partial charge in [0.05, 0.1) is 22.7 Å². The molecule has 1 atom stereocenters. The van der Waals surface area contributed by atoms with Crippen LogP contribution in [0.25, 0.3) is 10.9 Å². The quantitative estimate of drug-likeness (QED) is 0.752. The molecule has 10 heteroatoms. The van der Waals surface area contributed by atoms with Crippen LogP contribution in [-0.4, -0.2) is 25.9 Å². The third-order valence-electron chi connectivity index (χ3n) is 3.86. The monoisotopic (exact) mass is 377 g/mol. The molecular weight excluding hydrogens is 363 g/mol. The average Bonchev–Trinajstić information content (AvgIpc) is 2.63. The van der Waals surface area contributed by atoms with Crippen molar-refractivity contribution in [3.8, 4) is 0 Å². The summed E-state index contributed by atoms with van der Waals surface area (Å²) in [5, 5.41) is 10.5. The highest BCUT2D eigenvalue weighted by Gasteiger charge is 2.30. The fraction of sp³-hybridized carbons (Fsp3) is 0.235. The van der Waals surface area contributed by atoms with Crippen molar-refractivity contribution in [2.45, 2.75) is 25.7 Å². The number of hydrogen-bond donors (Lipinski definition) is 1. The van der Waals surface area contributed by atoms with E-state index in [0.717, 1.165) is 10.7 Å². The number of nitrogens with one attached hydrogen (secondary N) is 1. The van der Waals surface area contributed by atoms with Crippen LogP contribution < -0.4 is 10.9 Å². The first kappa shape index (κ1) is 18.5. The van der Waals surface area contributed by atoms with E-state index < -0.39 is 29.2 Å². The number of rotatable bonds is 4. The van der Waals surface area contributed by atoms with Crippen LogP contribution >= 0.6 is 0 Å². The minimum absolute atomic E-state index is 0.258. The number of hydrogen-bond acceptors (Lipinski definition) is 5. The number of halogens is 3. The summed E-state index contributed by atoms with van der Waals surface area (Å²) in [6.07, 6.45) is -3.77. The van der Waals surface area contributed by atoms with Crippen molar-refractivity contribution in [1.29, 1.82) is 0 Å². The summed E-state index contributed by atoms with van der Waals surface area (Å²) in [5.74, 6) is -0.545. The fourth-order valence-corrected chi connectivity index (χ4v) is 2.45. The maximum Gasteiger partial charge on any atom is 0.417 e. The summed E-state index contributed by atoms with van der Waals surface area (Å²) >= 11 is 0. The van der Waals surface area contributed by atoms with Gasteiger partial charge in [-0.05, 0) is 31.2 Å². The van der Waals surface area contributed by atoms with Gasteiger partial charge in [-0.15, -0.1) is 5.10 Å². The number of amides is 1. The maximum absolute atomic E-state index is 12.6. The van der Waals surface area contributed by atoms with Crippen LogP contribution in [0.5, 0.6) is 0 Å². The van der Waals surface area contributed by atoms with Crippen molar-refractivity contribution in [3.05, 3.63) is 64.2 Å². The number of fused-ring (bicyclic) bond motifs is 1. The Kier molecular flexibility index (Phi) is 4.89. The number of benzene rings is 1. The first-order valence-corrected chi connectivity index (χ1v) is 7.91. The third-order valence-corrected chi connectivity index (χ3v) is 3.86. The van der Waals surface area contributed by atoms with E-state index in [1.165, 1.54) is 6.07 Å². The van der Waals surface area contributed by atoms with Crippen molar-refractivity contribution in [3.63, 3.8) is 0 Å². The standard InChI is InChI=1S/C17H14F3N5O2/c1-10(13-7-6-11(8-21-13)17(18,19)20)22-15(26)9-25-16(27)12-4-2-3-5-14(12)23-24-25/h2-8,10H,9H2,1H3,(H,22,26)/t10-/m0/s1. The smallest absolute Gasteiger partial charge is 0.346 e. The Labute approximate surface area is 150 Å². The Morgan fingerprint density at radius 1 is 1.22 bits per heavy atom. The van der Waals surface area contributed by atoms with Crippen molar-refractivity contribution >= 4 is 16.8 Å². The first-order valence-electron chi connectivity index (χ1n) is 7.91. The second-order valence-corrected chi connectivity index (χ2v) is 5.83. The average molecular weight is 377 g/mol. The summed E-state index contributed by atoms with van der Waals surface area (Å²) in [5.41, 5.74) is -0.659. The number of pyridine rings is 1. The lowest BCUT2D eigenvalue weighted by Crippen LogP contribution is -2.35. The number of carbonyl (C=O) groups is 1. The molecule has 0 aliphatic rings. The first-order chi connectivity index (χ1) is 12.8. The summed E-state index contributed by atoms with van der Waals surface area (Å²) in [7, 11) is 0. The molecule has 7 nitrogen and oxygen atoms in total. The second kappa shape index (κ2) is 7.14. The molecule has 0 spiro atoms. The minimum Gasteiger partial charge on any atom is -0.346 e. The molecule has 0 saturated heterocycles. The molecule has 140 valence electrons. The highest BCUT2D eigenvalue weighted by molar-refractivity contribution is 5.78. The molecule has 1 aromatic carbocycles. The SMILES string of the molecule is C[C@H](NC(=O)Cn1nnc2ccccc2c1=O)c1ccc(C(F)(F)F)cn1. The van der Waals surface area contributed by atoms with Gasteiger partial charge in [-0.2, -0.15) is 13.2 Å². The zero-order valence-electron chi connectivity index (χ0n) is 14.1. The van der Waals surface area contributed by atoms with Gasteiger partial charge in [-0.25, -0.2) is 4.68 Å². The molecule has 1 N–H and O–H groups in total. The number of aromatic nitrogens is 4. The maximum atomic E-state index is 12.6. The Hall–Kier alpha value is -3.30. The Bertz CT molecular complexity index is 1030. The van der Waals surface area contributed by atoms with Gasteiger partial charge in [0.2, 0.25) is 5.91 Å². The lowest BCUT2D eigenvalue weighted by Gasteiger charge is -2.14. The lowest BCUT2D eigenvalue weighted by molar-refractivity contribution is -0.137. The van der Waals surface area contributed by atoms with Crippen LogP contribution in [0.3, 0.4) is 0 Å². The van der Waals surface area contributed by atoms with Crippen LogP contribution in [0.1, 0.15) is 24.2 Å². The Morgan fingerprint density at radius 2 is 1.96 bits per heavy atom. The van der Waals surface area contributed by atoms with Gasteiger partial charge in [0.1, 0.15) is 12.1 Å². The highest BCUT2D eigenvalue weighted by atomic mass is 19.4. The number of nitrogens with zero attached hydrogens (tertiary/aromatic N) is 4. The van der Waals surface area contributed by atoms with Gasteiger partial charge in [0.15, 0.2) is 0 Å². The molecule has 2 heterocycles. The van der Waals surface area contributed by atoms with Crippen LogP contribution in [0, 0.1) is 0 Å². The number of alkyl halides is 3. The van der Waals surface area contributed by atoms with Crippen molar-refractivity contribution in [2.75, 3.05) is 0 Å². The highest BCUT2D eigenvalue weighted by Crippen LogP contribution is 2.28. The van der Waals surface area contributed by atoms with Crippen molar-refractivity contribution < 1.29 is 18.0 Å². The van der Waals surface area contributed by atoms with Gasteiger partial charge in [-0.3, -0.25) is 14.6 Å². The van der Waals surface area contributed by atoms with E-state index in [4.69, 9.17) is 0 Å². The lowest BCUT2D eigenvalue weighted by atomic mass is 10.2. The van der Waals surface area contributed by atoms with Gasteiger partial charge < -0.3 is 5.32 Å². The molecule has 3 rings (SSSR count). The molecular formula is C17H14F3N5O2. The molecule has 27 heavy (non-hydrogen) atoms. The molecule has 0 fully saturated rings. The fourth-order valence-electron chi connectivity index (χ4n) is 2.45. The second-order valence-electron chi connectivity index (χ2n) is 5.83. The molecule has 0 unspecified atom stereocenters. The Balaban J connectivity index is 1.70. The van der Waals surface area contributed by atoms with E-state index in [1.54, 1.807) is 31.2 Å².